The van der Waals surface area contributed by atoms with Gasteiger partial charge in [0.25, 0.3) is 5.91 Å². The van der Waals surface area contributed by atoms with Gasteiger partial charge in [0.1, 0.15) is 17.5 Å². The third-order valence-corrected chi connectivity index (χ3v) is 4.78. The highest BCUT2D eigenvalue weighted by Gasteiger charge is 2.37. The lowest BCUT2D eigenvalue weighted by atomic mass is 10.1. The van der Waals surface area contributed by atoms with E-state index >= 15 is 0 Å². The number of fused-ring (bicyclic) bond motifs is 1. The number of halogens is 1. The maximum Gasteiger partial charge on any atom is 0.335 e. The van der Waals surface area contributed by atoms with Crippen LogP contribution in [0.2, 0.25) is 5.02 Å². The van der Waals surface area contributed by atoms with Crippen LogP contribution in [0.15, 0.2) is 36.4 Å². The Kier molecular flexibility index (Phi) is 5.65. The maximum atomic E-state index is 12.9. The average Bonchev–Trinajstić information content (AvgIpc) is 2.68. The quantitative estimate of drug-likeness (QED) is 0.772. The van der Waals surface area contributed by atoms with Crippen molar-refractivity contribution < 1.29 is 29.0 Å². The lowest BCUT2D eigenvalue weighted by Gasteiger charge is -2.36. The van der Waals surface area contributed by atoms with Crippen molar-refractivity contribution in [3.8, 4) is 11.5 Å². The van der Waals surface area contributed by atoms with E-state index in [1.165, 1.54) is 36.3 Å². The van der Waals surface area contributed by atoms with Crippen molar-refractivity contribution >= 4 is 40.8 Å². The zero-order chi connectivity index (χ0) is 21.3. The molecule has 1 heterocycles. The van der Waals surface area contributed by atoms with Crippen LogP contribution in [-0.4, -0.2) is 42.1 Å². The van der Waals surface area contributed by atoms with Gasteiger partial charge in [0.2, 0.25) is 5.91 Å². The molecule has 1 aliphatic rings. The highest BCUT2D eigenvalue weighted by Crippen LogP contribution is 2.37. The summed E-state index contributed by atoms with van der Waals surface area (Å²) >= 11 is 6.00. The van der Waals surface area contributed by atoms with Crippen molar-refractivity contribution in [2.45, 2.75) is 26.0 Å². The van der Waals surface area contributed by atoms with Crippen LogP contribution in [0.3, 0.4) is 0 Å². The fourth-order valence-electron chi connectivity index (χ4n) is 3.03. The average molecular weight is 419 g/mol. The van der Waals surface area contributed by atoms with E-state index in [2.05, 4.69) is 5.32 Å². The number of anilines is 2. The molecule has 0 radical (unpaired) electrons. The highest BCUT2D eigenvalue weighted by atomic mass is 35.5. The van der Waals surface area contributed by atoms with Crippen LogP contribution in [0.25, 0.3) is 0 Å². The van der Waals surface area contributed by atoms with E-state index in [9.17, 15) is 19.5 Å². The zero-order valence-corrected chi connectivity index (χ0v) is 16.7. The number of aromatic carboxylic acids is 1. The van der Waals surface area contributed by atoms with Gasteiger partial charge in [0.05, 0.1) is 24.0 Å². The molecule has 2 aromatic rings. The second-order valence-corrected chi connectivity index (χ2v) is 6.90. The molecule has 3 rings (SSSR count). The molecule has 152 valence electrons. The van der Waals surface area contributed by atoms with Gasteiger partial charge in [-0.15, -0.1) is 0 Å². The van der Waals surface area contributed by atoms with E-state index in [-0.39, 0.29) is 11.3 Å². The Morgan fingerprint density at radius 3 is 2.66 bits per heavy atom. The smallest absolute Gasteiger partial charge is 0.335 e. The molecule has 0 aliphatic carbocycles. The largest absolute Gasteiger partial charge is 0.495 e. The summed E-state index contributed by atoms with van der Waals surface area (Å²) in [5.41, 5.74) is 0.544. The summed E-state index contributed by atoms with van der Waals surface area (Å²) in [6, 6.07) is 7.97. The Labute approximate surface area is 172 Å². The minimum absolute atomic E-state index is 0.0242. The maximum absolute atomic E-state index is 12.9. The number of ether oxygens (including phenoxy) is 2. The SMILES string of the molecule is COc1ccc(Cl)cc1NC(=O)C(C)N1C(=O)C(C)Oc2ccc(C(=O)O)cc21. The first kappa shape index (κ1) is 20.5. The van der Waals surface area contributed by atoms with Crippen LogP contribution in [0.1, 0.15) is 24.2 Å². The molecular formula is C20H19ClN2O6. The van der Waals surface area contributed by atoms with E-state index in [4.69, 9.17) is 21.1 Å². The van der Waals surface area contributed by atoms with E-state index in [1.807, 2.05) is 0 Å². The zero-order valence-electron chi connectivity index (χ0n) is 15.9. The molecule has 2 unspecified atom stereocenters. The summed E-state index contributed by atoms with van der Waals surface area (Å²) in [4.78, 5) is 38.3. The lowest BCUT2D eigenvalue weighted by Crippen LogP contribution is -2.52. The number of nitrogens with zero attached hydrogens (tertiary/aromatic N) is 1. The van der Waals surface area contributed by atoms with Crippen molar-refractivity contribution in [3.63, 3.8) is 0 Å². The fraction of sp³-hybridized carbons (Fsp3) is 0.250. The topological polar surface area (TPSA) is 105 Å². The molecule has 1 aliphatic heterocycles. The van der Waals surface area contributed by atoms with Crippen LogP contribution in [-0.2, 0) is 9.59 Å². The summed E-state index contributed by atoms with van der Waals surface area (Å²) in [5.74, 6) is -1.38. The van der Waals surface area contributed by atoms with Gasteiger partial charge in [0, 0.05) is 5.02 Å². The van der Waals surface area contributed by atoms with Crippen LogP contribution in [0.5, 0.6) is 11.5 Å². The third kappa shape index (κ3) is 3.97. The molecule has 2 aromatic carbocycles. The number of nitrogens with one attached hydrogen (secondary N) is 1. The van der Waals surface area contributed by atoms with E-state index in [0.29, 0.717) is 22.2 Å². The van der Waals surface area contributed by atoms with Crippen molar-refractivity contribution in [2.75, 3.05) is 17.3 Å². The number of hydrogen-bond donors (Lipinski definition) is 2. The number of methoxy groups -OCH3 is 1. The first-order valence-electron chi connectivity index (χ1n) is 8.74. The van der Waals surface area contributed by atoms with Gasteiger partial charge in [-0.2, -0.15) is 0 Å². The molecule has 9 heteroatoms. The number of carboxylic acid groups (broad SMARTS) is 1. The third-order valence-electron chi connectivity index (χ3n) is 4.54. The second-order valence-electron chi connectivity index (χ2n) is 6.47. The van der Waals surface area contributed by atoms with Crippen LogP contribution >= 0.6 is 11.6 Å². The number of carboxylic acids is 1. The number of carbonyl (C=O) groups excluding carboxylic acids is 2. The van der Waals surface area contributed by atoms with Crippen molar-refractivity contribution in [1.82, 2.24) is 0 Å². The summed E-state index contributed by atoms with van der Waals surface area (Å²) in [7, 11) is 1.46. The molecule has 0 saturated heterocycles. The Hall–Kier alpha value is -3.26. The molecule has 2 amide bonds. The number of hydrogen-bond acceptors (Lipinski definition) is 5. The van der Waals surface area contributed by atoms with Gasteiger partial charge in [0.15, 0.2) is 6.10 Å². The molecule has 29 heavy (non-hydrogen) atoms. The number of benzene rings is 2. The van der Waals surface area contributed by atoms with Crippen LogP contribution in [0.4, 0.5) is 11.4 Å². The molecule has 0 bridgehead atoms. The molecule has 0 aromatic heterocycles. The van der Waals surface area contributed by atoms with Gasteiger partial charge >= 0.3 is 5.97 Å². The fourth-order valence-corrected chi connectivity index (χ4v) is 3.20. The summed E-state index contributed by atoms with van der Waals surface area (Å²) in [6.07, 6.45) is -0.825. The van der Waals surface area contributed by atoms with Crippen LogP contribution in [0, 0.1) is 0 Å². The number of rotatable bonds is 5. The predicted octanol–water partition coefficient (Wildman–Crippen LogP) is 3.19. The normalized spacial score (nSPS) is 16.5. The Morgan fingerprint density at radius 1 is 1.28 bits per heavy atom. The molecule has 8 nitrogen and oxygen atoms in total. The Morgan fingerprint density at radius 2 is 2.00 bits per heavy atom. The monoisotopic (exact) mass is 418 g/mol. The van der Waals surface area contributed by atoms with Gasteiger partial charge in [-0.1, -0.05) is 11.6 Å². The Bertz CT molecular complexity index is 993. The van der Waals surface area contributed by atoms with Gasteiger partial charge in [-0.05, 0) is 50.2 Å². The summed E-state index contributed by atoms with van der Waals surface area (Å²) in [6.45, 7) is 3.10. The first-order chi connectivity index (χ1) is 13.7. The van der Waals surface area contributed by atoms with Crippen molar-refractivity contribution in [1.29, 1.82) is 0 Å². The van der Waals surface area contributed by atoms with Crippen LogP contribution < -0.4 is 19.7 Å². The van der Waals surface area contributed by atoms with E-state index in [1.54, 1.807) is 26.0 Å². The van der Waals surface area contributed by atoms with E-state index < -0.39 is 29.9 Å². The minimum Gasteiger partial charge on any atom is -0.495 e. The van der Waals surface area contributed by atoms with Crippen molar-refractivity contribution in [2.24, 2.45) is 0 Å². The van der Waals surface area contributed by atoms with Crippen molar-refractivity contribution in [3.05, 3.63) is 47.0 Å². The molecule has 0 spiro atoms. The summed E-state index contributed by atoms with van der Waals surface area (Å²) < 4.78 is 10.8. The van der Waals surface area contributed by atoms with Gasteiger partial charge in [-0.3, -0.25) is 14.5 Å². The summed E-state index contributed by atoms with van der Waals surface area (Å²) in [5, 5.41) is 12.4. The Balaban J connectivity index is 1.96. The molecule has 0 saturated carbocycles. The van der Waals surface area contributed by atoms with E-state index in [0.717, 1.165) is 0 Å². The van der Waals surface area contributed by atoms with Gasteiger partial charge in [-0.25, -0.2) is 4.79 Å². The number of amides is 2. The highest BCUT2D eigenvalue weighted by molar-refractivity contribution is 6.31. The second kappa shape index (κ2) is 8.00. The number of carbonyl (C=O) groups is 3. The first-order valence-corrected chi connectivity index (χ1v) is 9.12. The minimum atomic E-state index is -1.15. The van der Waals surface area contributed by atoms with Gasteiger partial charge < -0.3 is 19.9 Å². The lowest BCUT2D eigenvalue weighted by molar-refractivity contribution is -0.128. The molecule has 2 atom stereocenters. The molecule has 2 N–H and O–H groups in total. The molecular weight excluding hydrogens is 400 g/mol. The standard InChI is InChI=1S/C20H19ClN2O6/c1-10(18(24)22-14-9-13(21)5-7-16(14)28-3)23-15-8-12(20(26)27)4-6-17(15)29-11(2)19(23)25/h4-11H,1-3H3,(H,22,24)(H,26,27). The predicted molar refractivity (Wildman–Crippen MR) is 107 cm³/mol. The molecule has 0 fully saturated rings.